The average Bonchev–Trinajstić information content (AvgIpc) is 2.55. The van der Waals surface area contributed by atoms with Gasteiger partial charge in [0, 0.05) is 12.6 Å². The molecule has 1 aromatic heterocycles. The number of amides is 1. The molecule has 0 spiro atoms. The second-order valence-corrected chi connectivity index (χ2v) is 5.28. The Bertz CT molecular complexity index is 676. The van der Waals surface area contributed by atoms with Gasteiger partial charge in [-0.3, -0.25) is 0 Å². The summed E-state index contributed by atoms with van der Waals surface area (Å²) in [5.74, 6) is 0. The molecule has 22 heavy (non-hydrogen) atoms. The van der Waals surface area contributed by atoms with Gasteiger partial charge >= 0.3 is 6.09 Å². The van der Waals surface area contributed by atoms with E-state index in [1.165, 1.54) is 10.5 Å². The minimum Gasteiger partial charge on any atom is -0.465 e. The molecule has 1 aliphatic heterocycles. The highest BCUT2D eigenvalue weighted by Crippen LogP contribution is 2.34. The highest BCUT2D eigenvalue weighted by atomic mass is 16.5. The molecule has 3 rings (SSSR count). The van der Waals surface area contributed by atoms with E-state index in [0.29, 0.717) is 13.2 Å². The van der Waals surface area contributed by atoms with Gasteiger partial charge in [-0.05, 0) is 29.2 Å². The summed E-state index contributed by atoms with van der Waals surface area (Å²) in [7, 11) is 1.55. The predicted octanol–water partition coefficient (Wildman–Crippen LogP) is 2.37. The summed E-state index contributed by atoms with van der Waals surface area (Å²) in [6, 6.07) is 7.96. The van der Waals surface area contributed by atoms with E-state index >= 15 is 0 Å². The topological polar surface area (TPSA) is 75.5 Å². The van der Waals surface area contributed by atoms with E-state index in [1.807, 2.05) is 18.2 Å². The van der Waals surface area contributed by atoms with Crippen molar-refractivity contribution in [3.05, 3.63) is 47.8 Å². The van der Waals surface area contributed by atoms with E-state index < -0.39 is 6.09 Å². The molecule has 0 aliphatic carbocycles. The monoisotopic (exact) mass is 299 g/mol. The minimum atomic E-state index is -0.954. The summed E-state index contributed by atoms with van der Waals surface area (Å²) < 4.78 is 5.78. The number of ether oxygens (including phenoxy) is 1. The molecule has 2 heterocycles. The van der Waals surface area contributed by atoms with Crippen LogP contribution in [0, 0.1) is 0 Å². The Morgan fingerprint density at radius 3 is 3.00 bits per heavy atom. The third kappa shape index (κ3) is 2.78. The smallest absolute Gasteiger partial charge is 0.407 e. The van der Waals surface area contributed by atoms with Crippen molar-refractivity contribution in [1.82, 2.24) is 15.1 Å². The van der Waals surface area contributed by atoms with E-state index in [2.05, 4.69) is 16.3 Å². The Morgan fingerprint density at radius 2 is 2.27 bits per heavy atom. The van der Waals surface area contributed by atoms with Gasteiger partial charge in [0.15, 0.2) is 0 Å². The first-order chi connectivity index (χ1) is 10.7. The van der Waals surface area contributed by atoms with Crippen LogP contribution in [0.25, 0.3) is 11.1 Å². The first kappa shape index (κ1) is 14.5. The lowest BCUT2D eigenvalue weighted by molar-refractivity contribution is 0.0225. The summed E-state index contributed by atoms with van der Waals surface area (Å²) in [5, 5.41) is 16.8. The molecule has 1 aromatic carbocycles. The van der Waals surface area contributed by atoms with Crippen molar-refractivity contribution < 1.29 is 14.6 Å². The number of likely N-dealkylation sites (N-methyl/N-ethyl adjacent to an activating group) is 1. The summed E-state index contributed by atoms with van der Waals surface area (Å²) in [6.07, 6.45) is 3.03. The van der Waals surface area contributed by atoms with Crippen LogP contribution in [0.1, 0.15) is 17.2 Å². The zero-order chi connectivity index (χ0) is 15.5. The van der Waals surface area contributed by atoms with Crippen molar-refractivity contribution in [2.45, 2.75) is 12.5 Å². The molecule has 0 unspecified atom stereocenters. The van der Waals surface area contributed by atoms with Crippen LogP contribution in [-0.2, 0) is 11.2 Å². The number of rotatable bonds is 3. The van der Waals surface area contributed by atoms with Crippen LogP contribution in [0.15, 0.2) is 36.7 Å². The fraction of sp³-hybridized carbons (Fsp3) is 0.312. The van der Waals surface area contributed by atoms with Crippen LogP contribution >= 0.6 is 0 Å². The number of nitrogens with zero attached hydrogens (tertiary/aromatic N) is 3. The number of hydrogen-bond acceptors (Lipinski definition) is 4. The number of carboxylic acid groups (broad SMARTS) is 1. The van der Waals surface area contributed by atoms with Gasteiger partial charge < -0.3 is 14.7 Å². The third-order valence-corrected chi connectivity index (χ3v) is 3.89. The van der Waals surface area contributed by atoms with Gasteiger partial charge in [0.2, 0.25) is 0 Å². The van der Waals surface area contributed by atoms with E-state index in [1.54, 1.807) is 19.4 Å². The zero-order valence-corrected chi connectivity index (χ0v) is 12.3. The molecule has 1 amide bonds. The van der Waals surface area contributed by atoms with Crippen LogP contribution in [0.5, 0.6) is 0 Å². The molecule has 0 fully saturated rings. The largest absolute Gasteiger partial charge is 0.465 e. The molecule has 2 aromatic rings. The van der Waals surface area contributed by atoms with E-state index in [9.17, 15) is 4.79 Å². The van der Waals surface area contributed by atoms with Crippen LogP contribution in [-0.4, -0.2) is 46.5 Å². The van der Waals surface area contributed by atoms with Crippen molar-refractivity contribution in [2.75, 3.05) is 20.2 Å². The number of benzene rings is 1. The standard InChI is InChI=1S/C16H17N3O3/c1-19(16(20)21)10-15-14-4-2-3-12(13(14)6-8-22-15)11-5-7-17-18-9-11/h2-5,7,9,15H,6,8,10H2,1H3,(H,20,21)/t15-/m0/s1. The summed E-state index contributed by atoms with van der Waals surface area (Å²) in [6.45, 7) is 0.904. The summed E-state index contributed by atoms with van der Waals surface area (Å²) >= 11 is 0. The maximum atomic E-state index is 11.0. The molecule has 114 valence electrons. The lowest BCUT2D eigenvalue weighted by atomic mass is 9.90. The molecule has 1 aliphatic rings. The minimum absolute atomic E-state index is 0.236. The van der Waals surface area contributed by atoms with Gasteiger partial charge in [-0.2, -0.15) is 10.2 Å². The Balaban J connectivity index is 1.97. The van der Waals surface area contributed by atoms with Gasteiger partial charge in [-0.1, -0.05) is 18.2 Å². The second kappa shape index (κ2) is 6.11. The number of aromatic nitrogens is 2. The number of carbonyl (C=O) groups is 1. The lowest BCUT2D eigenvalue weighted by Gasteiger charge is -2.30. The third-order valence-electron chi connectivity index (χ3n) is 3.89. The van der Waals surface area contributed by atoms with Gasteiger partial charge in [-0.25, -0.2) is 4.79 Å². The van der Waals surface area contributed by atoms with Crippen molar-refractivity contribution in [3.63, 3.8) is 0 Å². The predicted molar refractivity (Wildman–Crippen MR) is 80.5 cm³/mol. The molecule has 1 N–H and O–H groups in total. The highest BCUT2D eigenvalue weighted by molar-refractivity contribution is 5.68. The van der Waals surface area contributed by atoms with Crippen LogP contribution in [0.3, 0.4) is 0 Å². The van der Waals surface area contributed by atoms with Gasteiger partial charge in [0.1, 0.15) is 6.10 Å². The van der Waals surface area contributed by atoms with E-state index in [4.69, 9.17) is 9.84 Å². The Kier molecular flexibility index (Phi) is 4.02. The van der Waals surface area contributed by atoms with Gasteiger partial charge in [0.05, 0.1) is 25.5 Å². The molecule has 0 radical (unpaired) electrons. The second-order valence-electron chi connectivity index (χ2n) is 5.28. The molecule has 0 bridgehead atoms. The Hall–Kier alpha value is -2.47. The fourth-order valence-electron chi connectivity index (χ4n) is 2.78. The van der Waals surface area contributed by atoms with Crippen LogP contribution in [0.4, 0.5) is 4.79 Å². The molecule has 1 atom stereocenters. The van der Waals surface area contributed by atoms with Gasteiger partial charge in [0.25, 0.3) is 0 Å². The van der Waals surface area contributed by atoms with Crippen molar-refractivity contribution in [3.8, 4) is 11.1 Å². The number of fused-ring (bicyclic) bond motifs is 1. The van der Waals surface area contributed by atoms with Crippen molar-refractivity contribution in [1.29, 1.82) is 0 Å². The van der Waals surface area contributed by atoms with Crippen molar-refractivity contribution in [2.24, 2.45) is 0 Å². The normalized spacial score (nSPS) is 16.9. The highest BCUT2D eigenvalue weighted by Gasteiger charge is 2.25. The molecule has 0 saturated heterocycles. The molecular weight excluding hydrogens is 282 g/mol. The lowest BCUT2D eigenvalue weighted by Crippen LogP contribution is -2.32. The first-order valence-electron chi connectivity index (χ1n) is 7.11. The van der Waals surface area contributed by atoms with E-state index in [0.717, 1.165) is 23.1 Å². The van der Waals surface area contributed by atoms with Crippen molar-refractivity contribution >= 4 is 6.09 Å². The average molecular weight is 299 g/mol. The molecule has 6 nitrogen and oxygen atoms in total. The maximum Gasteiger partial charge on any atom is 0.407 e. The molecule has 0 saturated carbocycles. The Labute approximate surface area is 128 Å². The van der Waals surface area contributed by atoms with E-state index in [-0.39, 0.29) is 6.10 Å². The van der Waals surface area contributed by atoms with Crippen LogP contribution < -0.4 is 0 Å². The number of hydrogen-bond donors (Lipinski definition) is 1. The summed E-state index contributed by atoms with van der Waals surface area (Å²) in [5.41, 5.74) is 4.37. The zero-order valence-electron chi connectivity index (χ0n) is 12.3. The van der Waals surface area contributed by atoms with Gasteiger partial charge in [-0.15, -0.1) is 0 Å². The van der Waals surface area contributed by atoms with Crippen LogP contribution in [0.2, 0.25) is 0 Å². The summed E-state index contributed by atoms with van der Waals surface area (Å²) in [4.78, 5) is 12.3. The molecular formula is C16H17N3O3. The first-order valence-corrected chi connectivity index (χ1v) is 7.11. The molecule has 6 heteroatoms. The quantitative estimate of drug-likeness (QED) is 0.941. The Morgan fingerprint density at radius 1 is 1.41 bits per heavy atom. The fourth-order valence-corrected chi connectivity index (χ4v) is 2.78. The SMILES string of the molecule is CN(C[C@@H]1OCCc2c(-c3ccnnc3)cccc21)C(=O)O. The maximum absolute atomic E-state index is 11.0.